The van der Waals surface area contributed by atoms with Gasteiger partial charge in [-0.1, -0.05) is 35.0 Å². The molecule has 0 aliphatic carbocycles. The van der Waals surface area contributed by atoms with Gasteiger partial charge in [-0.2, -0.15) is 0 Å². The number of nitrogens with zero attached hydrogens (tertiary/aromatic N) is 4. The minimum atomic E-state index is 0.117. The Kier molecular flexibility index (Phi) is 5.04. The maximum absolute atomic E-state index is 4.10. The molecule has 5 nitrogen and oxygen atoms in total. The lowest BCUT2D eigenvalue weighted by atomic mass is 10.1. The third kappa shape index (κ3) is 3.61. The van der Waals surface area contributed by atoms with E-state index in [2.05, 4.69) is 62.8 Å². The maximum atomic E-state index is 4.10. The Labute approximate surface area is 121 Å². The van der Waals surface area contributed by atoms with E-state index in [1.165, 1.54) is 5.56 Å². The van der Waals surface area contributed by atoms with E-state index in [1.807, 2.05) is 16.8 Å². The molecular weight excluding hydrogens is 306 g/mol. The van der Waals surface area contributed by atoms with Crippen molar-refractivity contribution in [1.82, 2.24) is 25.5 Å². The molecule has 0 amide bonds. The molecule has 1 aromatic heterocycles. The van der Waals surface area contributed by atoms with Crippen molar-refractivity contribution >= 4 is 15.9 Å². The zero-order valence-corrected chi connectivity index (χ0v) is 12.8. The van der Waals surface area contributed by atoms with Gasteiger partial charge in [0.05, 0.1) is 12.6 Å². The molecule has 0 aliphatic rings. The first-order chi connectivity index (χ1) is 9.22. The third-order valence-electron chi connectivity index (χ3n) is 2.97. The van der Waals surface area contributed by atoms with E-state index in [-0.39, 0.29) is 6.04 Å². The predicted molar refractivity (Wildman–Crippen MR) is 77.8 cm³/mol. The minimum absolute atomic E-state index is 0.117. The van der Waals surface area contributed by atoms with Crippen molar-refractivity contribution in [3.63, 3.8) is 0 Å². The Morgan fingerprint density at radius 2 is 2.26 bits per heavy atom. The Bertz CT molecular complexity index is 525. The summed E-state index contributed by atoms with van der Waals surface area (Å²) in [7, 11) is 0. The fraction of sp³-hybridized carbons (Fsp3) is 0.462. The van der Waals surface area contributed by atoms with Crippen LogP contribution >= 0.6 is 15.9 Å². The summed E-state index contributed by atoms with van der Waals surface area (Å²) >= 11 is 3.49. The van der Waals surface area contributed by atoms with Crippen LogP contribution < -0.4 is 5.32 Å². The van der Waals surface area contributed by atoms with Gasteiger partial charge in [0.15, 0.2) is 5.82 Å². The van der Waals surface area contributed by atoms with E-state index in [1.54, 1.807) is 0 Å². The summed E-state index contributed by atoms with van der Waals surface area (Å²) in [5.74, 6) is 0.862. The molecule has 1 aromatic carbocycles. The van der Waals surface area contributed by atoms with Crippen molar-refractivity contribution in [3.05, 3.63) is 40.1 Å². The third-order valence-corrected chi connectivity index (χ3v) is 3.46. The molecule has 0 saturated heterocycles. The molecule has 2 aromatic rings. The van der Waals surface area contributed by atoms with Crippen LogP contribution in [0.5, 0.6) is 0 Å². The Hall–Kier alpha value is -1.27. The van der Waals surface area contributed by atoms with Crippen LogP contribution in [0, 0.1) is 0 Å². The predicted octanol–water partition coefficient (Wildman–Crippen LogP) is 2.54. The first-order valence-electron chi connectivity index (χ1n) is 6.45. The van der Waals surface area contributed by atoms with Crippen LogP contribution in [0.1, 0.15) is 37.7 Å². The second kappa shape index (κ2) is 6.77. The molecule has 102 valence electrons. The topological polar surface area (TPSA) is 55.6 Å². The molecule has 1 N–H and O–H groups in total. The van der Waals surface area contributed by atoms with E-state index < -0.39 is 0 Å². The van der Waals surface area contributed by atoms with Gasteiger partial charge in [-0.3, -0.25) is 0 Å². The van der Waals surface area contributed by atoms with Crippen molar-refractivity contribution in [2.75, 3.05) is 6.54 Å². The SMILES string of the molecule is CCCNCc1nnnn1C(C)c1cccc(Br)c1. The van der Waals surface area contributed by atoms with Gasteiger partial charge in [0, 0.05) is 4.47 Å². The maximum Gasteiger partial charge on any atom is 0.165 e. The molecule has 6 heteroatoms. The molecule has 0 radical (unpaired) electrons. The lowest BCUT2D eigenvalue weighted by molar-refractivity contribution is 0.505. The molecule has 0 saturated carbocycles. The molecule has 1 heterocycles. The van der Waals surface area contributed by atoms with E-state index in [9.17, 15) is 0 Å². The lowest BCUT2D eigenvalue weighted by Gasteiger charge is -2.14. The van der Waals surface area contributed by atoms with Crippen LogP contribution in [-0.2, 0) is 6.54 Å². The fourth-order valence-corrected chi connectivity index (χ4v) is 2.33. The number of benzene rings is 1. The van der Waals surface area contributed by atoms with Crippen LogP contribution in [0.3, 0.4) is 0 Å². The van der Waals surface area contributed by atoms with E-state index in [0.29, 0.717) is 6.54 Å². The van der Waals surface area contributed by atoms with Gasteiger partial charge in [-0.25, -0.2) is 4.68 Å². The summed E-state index contributed by atoms with van der Waals surface area (Å²) in [6.07, 6.45) is 1.10. The molecule has 19 heavy (non-hydrogen) atoms. The number of hydrogen-bond donors (Lipinski definition) is 1. The van der Waals surface area contributed by atoms with Crippen molar-refractivity contribution in [3.8, 4) is 0 Å². The quantitative estimate of drug-likeness (QED) is 0.830. The average Bonchev–Trinajstić information content (AvgIpc) is 2.86. The summed E-state index contributed by atoms with van der Waals surface area (Å²) in [5.41, 5.74) is 1.18. The van der Waals surface area contributed by atoms with Crippen LogP contribution in [0.4, 0.5) is 0 Å². The Morgan fingerprint density at radius 3 is 3.00 bits per heavy atom. The zero-order chi connectivity index (χ0) is 13.7. The number of tetrazole rings is 1. The minimum Gasteiger partial charge on any atom is -0.310 e. The molecular formula is C13H18BrN5. The van der Waals surface area contributed by atoms with Gasteiger partial charge in [-0.15, -0.1) is 5.10 Å². The normalized spacial score (nSPS) is 12.6. The van der Waals surface area contributed by atoms with Crippen LogP contribution in [0.25, 0.3) is 0 Å². The summed E-state index contributed by atoms with van der Waals surface area (Å²) in [4.78, 5) is 0. The molecule has 2 rings (SSSR count). The monoisotopic (exact) mass is 323 g/mol. The average molecular weight is 324 g/mol. The van der Waals surface area contributed by atoms with E-state index in [4.69, 9.17) is 0 Å². The largest absolute Gasteiger partial charge is 0.310 e. The number of aromatic nitrogens is 4. The first kappa shape index (κ1) is 14.1. The number of rotatable bonds is 6. The number of nitrogens with one attached hydrogen (secondary N) is 1. The summed E-state index contributed by atoms with van der Waals surface area (Å²) in [5, 5.41) is 15.3. The smallest absolute Gasteiger partial charge is 0.165 e. The lowest BCUT2D eigenvalue weighted by Crippen LogP contribution is -2.20. The van der Waals surface area contributed by atoms with Gasteiger partial charge in [0.2, 0.25) is 0 Å². The Balaban J connectivity index is 2.15. The number of hydrogen-bond acceptors (Lipinski definition) is 4. The highest BCUT2D eigenvalue weighted by molar-refractivity contribution is 9.10. The van der Waals surface area contributed by atoms with E-state index >= 15 is 0 Å². The molecule has 1 unspecified atom stereocenters. The molecule has 0 fully saturated rings. The Morgan fingerprint density at radius 1 is 1.42 bits per heavy atom. The molecule has 0 bridgehead atoms. The van der Waals surface area contributed by atoms with Gasteiger partial charge in [-0.05, 0) is 48.0 Å². The standard InChI is InChI=1S/C13H18BrN5/c1-3-7-15-9-13-16-17-18-19(13)10(2)11-5-4-6-12(14)8-11/h4-6,8,10,15H,3,7,9H2,1-2H3. The fourth-order valence-electron chi connectivity index (χ4n) is 1.91. The summed E-state index contributed by atoms with van der Waals surface area (Å²) in [6.45, 7) is 5.90. The molecule has 0 spiro atoms. The second-order valence-electron chi connectivity index (χ2n) is 4.45. The van der Waals surface area contributed by atoms with Crippen molar-refractivity contribution in [2.45, 2.75) is 32.9 Å². The molecule has 1 atom stereocenters. The first-order valence-corrected chi connectivity index (χ1v) is 7.24. The highest BCUT2D eigenvalue weighted by atomic mass is 79.9. The van der Waals surface area contributed by atoms with Gasteiger partial charge in [0.25, 0.3) is 0 Å². The van der Waals surface area contributed by atoms with Gasteiger partial charge < -0.3 is 5.32 Å². The van der Waals surface area contributed by atoms with Gasteiger partial charge >= 0.3 is 0 Å². The number of halogens is 1. The second-order valence-corrected chi connectivity index (χ2v) is 5.36. The highest BCUT2D eigenvalue weighted by Gasteiger charge is 2.14. The van der Waals surface area contributed by atoms with Gasteiger partial charge in [0.1, 0.15) is 0 Å². The zero-order valence-electron chi connectivity index (χ0n) is 11.2. The highest BCUT2D eigenvalue weighted by Crippen LogP contribution is 2.21. The summed E-state index contributed by atoms with van der Waals surface area (Å²) < 4.78 is 2.93. The van der Waals surface area contributed by atoms with E-state index in [0.717, 1.165) is 23.3 Å². The summed E-state index contributed by atoms with van der Waals surface area (Å²) in [6, 6.07) is 8.33. The van der Waals surface area contributed by atoms with Crippen LogP contribution in [-0.4, -0.2) is 26.8 Å². The van der Waals surface area contributed by atoms with Crippen molar-refractivity contribution < 1.29 is 0 Å². The van der Waals surface area contributed by atoms with Crippen molar-refractivity contribution in [1.29, 1.82) is 0 Å². The molecule has 0 aliphatic heterocycles. The van der Waals surface area contributed by atoms with Crippen molar-refractivity contribution in [2.24, 2.45) is 0 Å². The van der Waals surface area contributed by atoms with Crippen LogP contribution in [0.2, 0.25) is 0 Å². The van der Waals surface area contributed by atoms with Crippen LogP contribution in [0.15, 0.2) is 28.7 Å².